The molecule has 0 saturated heterocycles. The highest BCUT2D eigenvalue weighted by Gasteiger charge is 2.21. The van der Waals surface area contributed by atoms with E-state index in [4.69, 9.17) is 4.74 Å². The van der Waals surface area contributed by atoms with Gasteiger partial charge >= 0.3 is 0 Å². The number of pyridine rings is 1. The fourth-order valence-corrected chi connectivity index (χ4v) is 3.04. The third-order valence-electron chi connectivity index (χ3n) is 4.40. The summed E-state index contributed by atoms with van der Waals surface area (Å²) >= 11 is 0. The van der Waals surface area contributed by atoms with Crippen LogP contribution in [-0.4, -0.2) is 34.0 Å². The van der Waals surface area contributed by atoms with Gasteiger partial charge < -0.3 is 19.5 Å². The number of carbonyl (C=O) groups excluding carboxylic acids is 1. The first-order valence-corrected chi connectivity index (χ1v) is 9.02. The minimum Gasteiger partial charge on any atom is -0.506 e. The van der Waals surface area contributed by atoms with Gasteiger partial charge in [-0.25, -0.2) is 5.43 Å². The van der Waals surface area contributed by atoms with Crippen molar-refractivity contribution in [2.45, 2.75) is 19.9 Å². The molecule has 0 spiro atoms. The number of nitrogens with zero attached hydrogens (tertiary/aromatic N) is 2. The van der Waals surface area contributed by atoms with E-state index in [1.165, 1.54) is 30.0 Å². The maximum Gasteiger partial charge on any atom is 0.280 e. The molecular weight excluding hydrogens is 374 g/mol. The normalized spacial score (nSPS) is 11.1. The molecule has 0 saturated carbocycles. The molecule has 0 aliphatic heterocycles. The Morgan fingerprint density at radius 2 is 2.00 bits per heavy atom. The smallest absolute Gasteiger partial charge is 0.280 e. The van der Waals surface area contributed by atoms with Crippen LogP contribution in [0.25, 0.3) is 10.9 Å². The number of para-hydroxylation sites is 1. The molecule has 1 heterocycles. The average Bonchev–Trinajstić information content (AvgIpc) is 2.72. The van der Waals surface area contributed by atoms with Crippen LogP contribution in [0.5, 0.6) is 17.2 Å². The molecule has 0 atom stereocenters. The highest BCUT2D eigenvalue weighted by atomic mass is 16.5. The molecule has 1 aromatic heterocycles. The summed E-state index contributed by atoms with van der Waals surface area (Å²) in [4.78, 5) is 25.4. The number of carbonyl (C=O) groups is 1. The van der Waals surface area contributed by atoms with Gasteiger partial charge in [0.05, 0.1) is 18.8 Å². The van der Waals surface area contributed by atoms with E-state index in [9.17, 15) is 19.8 Å². The first-order valence-electron chi connectivity index (χ1n) is 9.02. The molecule has 0 radical (unpaired) electrons. The van der Waals surface area contributed by atoms with Gasteiger partial charge in [0.15, 0.2) is 11.5 Å². The number of hydrogen-bond acceptors (Lipinski definition) is 6. The highest BCUT2D eigenvalue weighted by Crippen LogP contribution is 2.27. The molecule has 0 bridgehead atoms. The molecule has 150 valence electrons. The van der Waals surface area contributed by atoms with Crippen LogP contribution in [-0.2, 0) is 6.54 Å². The van der Waals surface area contributed by atoms with Crippen LogP contribution in [0, 0.1) is 0 Å². The van der Waals surface area contributed by atoms with Gasteiger partial charge in [0.25, 0.3) is 11.5 Å². The molecule has 8 heteroatoms. The van der Waals surface area contributed by atoms with Crippen molar-refractivity contribution in [3.05, 3.63) is 63.9 Å². The number of aromatic nitrogens is 1. The van der Waals surface area contributed by atoms with E-state index in [2.05, 4.69) is 10.5 Å². The number of amides is 1. The molecule has 8 nitrogen and oxygen atoms in total. The fourth-order valence-electron chi connectivity index (χ4n) is 3.04. The van der Waals surface area contributed by atoms with E-state index in [-0.39, 0.29) is 22.8 Å². The number of methoxy groups -OCH3 is 1. The lowest BCUT2D eigenvalue weighted by Gasteiger charge is -2.13. The Morgan fingerprint density at radius 1 is 1.24 bits per heavy atom. The third-order valence-corrected chi connectivity index (χ3v) is 4.40. The molecule has 0 fully saturated rings. The van der Waals surface area contributed by atoms with Crippen LogP contribution in [0.4, 0.5) is 0 Å². The second-order valence-electron chi connectivity index (χ2n) is 6.33. The largest absolute Gasteiger partial charge is 0.506 e. The Labute approximate surface area is 166 Å². The predicted octanol–water partition coefficient (Wildman–Crippen LogP) is 2.60. The van der Waals surface area contributed by atoms with Crippen molar-refractivity contribution in [3.8, 4) is 17.2 Å². The van der Waals surface area contributed by atoms with E-state index >= 15 is 0 Å². The number of fused-ring (bicyclic) bond motifs is 1. The van der Waals surface area contributed by atoms with Crippen LogP contribution in [0.15, 0.2) is 52.4 Å². The second-order valence-corrected chi connectivity index (χ2v) is 6.33. The lowest BCUT2D eigenvalue weighted by molar-refractivity contribution is 0.0950. The summed E-state index contributed by atoms with van der Waals surface area (Å²) in [6.07, 6.45) is 2.03. The summed E-state index contributed by atoms with van der Waals surface area (Å²) in [5.74, 6) is -0.955. The summed E-state index contributed by atoms with van der Waals surface area (Å²) in [6.45, 7) is 2.33. The van der Waals surface area contributed by atoms with Crippen molar-refractivity contribution < 1.29 is 19.7 Å². The van der Waals surface area contributed by atoms with E-state index in [0.717, 1.165) is 0 Å². The minimum absolute atomic E-state index is 0.0220. The molecule has 1 amide bonds. The van der Waals surface area contributed by atoms with Crippen molar-refractivity contribution in [2.75, 3.05) is 7.11 Å². The number of nitrogens with one attached hydrogen (secondary N) is 1. The van der Waals surface area contributed by atoms with Crippen molar-refractivity contribution in [2.24, 2.45) is 5.10 Å². The Morgan fingerprint density at radius 3 is 2.72 bits per heavy atom. The zero-order valence-corrected chi connectivity index (χ0v) is 16.0. The third kappa shape index (κ3) is 3.91. The van der Waals surface area contributed by atoms with E-state index in [1.807, 2.05) is 6.92 Å². The lowest BCUT2D eigenvalue weighted by atomic mass is 10.1. The molecule has 0 aliphatic carbocycles. The molecule has 3 N–H and O–H groups in total. The van der Waals surface area contributed by atoms with E-state index in [1.54, 1.807) is 30.3 Å². The van der Waals surface area contributed by atoms with Crippen LogP contribution in [0.3, 0.4) is 0 Å². The second kappa shape index (κ2) is 8.47. The number of hydrazone groups is 1. The van der Waals surface area contributed by atoms with Crippen molar-refractivity contribution >= 4 is 23.0 Å². The maximum absolute atomic E-state index is 12.8. The fraction of sp³-hybridized carbons (Fsp3) is 0.190. The number of phenols is 1. The molecular formula is C21H21N3O5. The number of aryl methyl sites for hydroxylation is 1. The van der Waals surface area contributed by atoms with Gasteiger partial charge in [-0.05, 0) is 42.3 Å². The Kier molecular flexibility index (Phi) is 5.82. The standard InChI is InChI=1S/C21H21N3O5/c1-3-10-24-15-7-5-4-6-14(15)19(26)18(21(24)28)20(27)23-22-12-13-8-9-16(25)17(11-13)29-2/h4-9,11-12,25-26H,3,10H2,1-2H3,(H,23,27)/b22-12-. The molecule has 2 aromatic carbocycles. The maximum atomic E-state index is 12.8. The van der Waals surface area contributed by atoms with Crippen molar-refractivity contribution in [1.29, 1.82) is 0 Å². The van der Waals surface area contributed by atoms with Crippen LogP contribution in [0.2, 0.25) is 0 Å². The zero-order valence-electron chi connectivity index (χ0n) is 16.0. The van der Waals surface area contributed by atoms with E-state index < -0.39 is 11.5 Å². The predicted molar refractivity (Wildman–Crippen MR) is 110 cm³/mol. The first-order chi connectivity index (χ1) is 14.0. The lowest BCUT2D eigenvalue weighted by Crippen LogP contribution is -2.31. The summed E-state index contributed by atoms with van der Waals surface area (Å²) in [5, 5.41) is 24.4. The summed E-state index contributed by atoms with van der Waals surface area (Å²) in [7, 11) is 1.42. The number of benzene rings is 2. The van der Waals surface area contributed by atoms with Gasteiger partial charge in [-0.2, -0.15) is 5.10 Å². The number of phenolic OH excluding ortho intramolecular Hbond substituents is 1. The van der Waals surface area contributed by atoms with Gasteiger partial charge in [0.1, 0.15) is 11.3 Å². The minimum atomic E-state index is -0.815. The number of hydrogen-bond donors (Lipinski definition) is 3. The van der Waals surface area contributed by atoms with Crippen molar-refractivity contribution in [3.63, 3.8) is 0 Å². The van der Waals surface area contributed by atoms with Crippen LogP contribution >= 0.6 is 0 Å². The monoisotopic (exact) mass is 395 g/mol. The first kappa shape index (κ1) is 19.9. The molecule has 0 unspecified atom stereocenters. The molecule has 29 heavy (non-hydrogen) atoms. The Bertz CT molecular complexity index is 1150. The molecule has 3 aromatic rings. The Hall–Kier alpha value is -3.81. The van der Waals surface area contributed by atoms with Gasteiger partial charge in [0.2, 0.25) is 0 Å². The number of aromatic hydroxyl groups is 2. The van der Waals surface area contributed by atoms with Crippen LogP contribution < -0.4 is 15.7 Å². The topological polar surface area (TPSA) is 113 Å². The van der Waals surface area contributed by atoms with Gasteiger partial charge in [-0.1, -0.05) is 19.1 Å². The van der Waals surface area contributed by atoms with Crippen molar-refractivity contribution in [1.82, 2.24) is 9.99 Å². The quantitative estimate of drug-likeness (QED) is 0.439. The Balaban J connectivity index is 1.94. The number of ether oxygens (including phenoxy) is 1. The zero-order chi connectivity index (χ0) is 21.0. The van der Waals surface area contributed by atoms with Gasteiger partial charge in [-0.3, -0.25) is 9.59 Å². The molecule has 3 rings (SSSR count). The van der Waals surface area contributed by atoms with Crippen LogP contribution in [0.1, 0.15) is 29.3 Å². The van der Waals surface area contributed by atoms with E-state index in [0.29, 0.717) is 29.4 Å². The highest BCUT2D eigenvalue weighted by molar-refractivity contribution is 6.02. The summed E-state index contributed by atoms with van der Waals surface area (Å²) < 4.78 is 6.49. The average molecular weight is 395 g/mol. The number of rotatable bonds is 6. The SMILES string of the molecule is CCCn1c(=O)c(C(=O)N/N=C\c2ccc(O)c(OC)c2)c(O)c2ccccc21. The summed E-state index contributed by atoms with van der Waals surface area (Å²) in [5.41, 5.74) is 2.45. The van der Waals surface area contributed by atoms with Gasteiger partial charge in [0, 0.05) is 11.9 Å². The van der Waals surface area contributed by atoms with Gasteiger partial charge in [-0.15, -0.1) is 0 Å². The summed E-state index contributed by atoms with van der Waals surface area (Å²) in [6, 6.07) is 11.4. The molecule has 0 aliphatic rings.